The molecule has 0 aliphatic rings. The molecule has 0 spiro atoms. The number of hydrogen-bond acceptors (Lipinski definition) is 4. The molecule has 3 rings (SSSR count). The summed E-state index contributed by atoms with van der Waals surface area (Å²) >= 11 is 1.49. The van der Waals surface area contributed by atoms with Crippen molar-refractivity contribution in [3.05, 3.63) is 76.6 Å². The first-order valence-corrected chi connectivity index (χ1v) is 7.75. The van der Waals surface area contributed by atoms with E-state index < -0.39 is 0 Å². The summed E-state index contributed by atoms with van der Waals surface area (Å²) in [5.41, 5.74) is 2.87. The van der Waals surface area contributed by atoms with E-state index in [9.17, 15) is 4.79 Å². The highest BCUT2D eigenvalue weighted by Crippen LogP contribution is 2.22. The molecule has 2 aromatic heterocycles. The number of hydrogen-bond donors (Lipinski definition) is 1. The van der Waals surface area contributed by atoms with Gasteiger partial charge in [0.2, 0.25) is 0 Å². The molecular formula is C17H15N3OS. The number of rotatable bonds is 4. The number of pyridine rings is 1. The summed E-state index contributed by atoms with van der Waals surface area (Å²) in [6, 6.07) is 13.6. The molecule has 1 aromatic carbocycles. The standard InChI is InChI=1S/C17H15N3OS/c1-12-5-4-6-13(9-12)10-14-11-19-17(22-14)20-16(21)15-7-2-3-8-18-15/h2-9,11H,10H2,1H3,(H,19,20,21). The monoisotopic (exact) mass is 309 g/mol. The number of aryl methyl sites for hydroxylation is 1. The smallest absolute Gasteiger partial charge is 0.276 e. The lowest BCUT2D eigenvalue weighted by Gasteiger charge is -2.00. The van der Waals surface area contributed by atoms with Gasteiger partial charge in [0.05, 0.1) is 0 Å². The average molecular weight is 309 g/mol. The molecule has 110 valence electrons. The fourth-order valence-electron chi connectivity index (χ4n) is 2.13. The zero-order valence-corrected chi connectivity index (χ0v) is 12.9. The van der Waals surface area contributed by atoms with Gasteiger partial charge in [-0.05, 0) is 24.6 Å². The molecule has 1 amide bonds. The molecule has 5 heteroatoms. The predicted molar refractivity (Wildman–Crippen MR) is 88.3 cm³/mol. The maximum atomic E-state index is 12.0. The van der Waals surface area contributed by atoms with Crippen LogP contribution in [0.15, 0.2) is 54.9 Å². The Balaban J connectivity index is 1.68. The van der Waals surface area contributed by atoms with E-state index in [1.165, 1.54) is 22.5 Å². The maximum Gasteiger partial charge on any atom is 0.276 e. The SMILES string of the molecule is Cc1cccc(Cc2cnc(NC(=O)c3ccccn3)s2)c1. The first-order valence-electron chi connectivity index (χ1n) is 6.93. The van der Waals surface area contributed by atoms with E-state index in [4.69, 9.17) is 0 Å². The van der Waals surface area contributed by atoms with E-state index in [0.717, 1.165) is 11.3 Å². The third-order valence-electron chi connectivity index (χ3n) is 3.13. The first-order chi connectivity index (χ1) is 10.7. The zero-order chi connectivity index (χ0) is 15.4. The Morgan fingerprint density at radius 2 is 2.09 bits per heavy atom. The summed E-state index contributed by atoms with van der Waals surface area (Å²) in [5, 5.41) is 3.38. The molecule has 2 heterocycles. The largest absolute Gasteiger partial charge is 0.296 e. The maximum absolute atomic E-state index is 12.0. The Morgan fingerprint density at radius 3 is 2.86 bits per heavy atom. The molecule has 0 bridgehead atoms. The van der Waals surface area contributed by atoms with Gasteiger partial charge in [-0.3, -0.25) is 15.1 Å². The van der Waals surface area contributed by atoms with Crippen LogP contribution in [0.5, 0.6) is 0 Å². The normalized spacial score (nSPS) is 10.4. The van der Waals surface area contributed by atoms with Crippen molar-refractivity contribution in [2.75, 3.05) is 5.32 Å². The fraction of sp³-hybridized carbons (Fsp3) is 0.118. The Morgan fingerprint density at radius 1 is 1.18 bits per heavy atom. The zero-order valence-electron chi connectivity index (χ0n) is 12.1. The van der Waals surface area contributed by atoms with Crippen molar-refractivity contribution in [3.8, 4) is 0 Å². The minimum atomic E-state index is -0.239. The van der Waals surface area contributed by atoms with Crippen molar-refractivity contribution < 1.29 is 4.79 Å². The number of anilines is 1. The van der Waals surface area contributed by atoms with Gasteiger partial charge in [0.25, 0.3) is 5.91 Å². The minimum Gasteiger partial charge on any atom is -0.296 e. The summed E-state index contributed by atoms with van der Waals surface area (Å²) in [4.78, 5) is 21.4. The van der Waals surface area contributed by atoms with Gasteiger partial charge in [-0.2, -0.15) is 0 Å². The fourth-order valence-corrected chi connectivity index (χ4v) is 2.97. The third kappa shape index (κ3) is 3.56. The number of aromatic nitrogens is 2. The number of nitrogens with zero attached hydrogens (tertiary/aromatic N) is 2. The van der Waals surface area contributed by atoms with Gasteiger partial charge < -0.3 is 0 Å². The number of carbonyl (C=O) groups excluding carboxylic acids is 1. The second kappa shape index (κ2) is 6.49. The number of amides is 1. The Bertz CT molecular complexity index is 783. The Kier molecular flexibility index (Phi) is 4.25. The second-order valence-electron chi connectivity index (χ2n) is 4.97. The van der Waals surface area contributed by atoms with Crippen molar-refractivity contribution in [3.63, 3.8) is 0 Å². The van der Waals surface area contributed by atoms with E-state index >= 15 is 0 Å². The summed E-state index contributed by atoms with van der Waals surface area (Å²) < 4.78 is 0. The minimum absolute atomic E-state index is 0.239. The molecular weight excluding hydrogens is 294 g/mol. The lowest BCUT2D eigenvalue weighted by Crippen LogP contribution is -2.12. The van der Waals surface area contributed by atoms with E-state index in [-0.39, 0.29) is 5.91 Å². The number of carbonyl (C=O) groups is 1. The molecule has 0 unspecified atom stereocenters. The van der Waals surface area contributed by atoms with Crippen LogP contribution in [0.2, 0.25) is 0 Å². The van der Waals surface area contributed by atoms with Gasteiger partial charge in [-0.25, -0.2) is 4.98 Å². The van der Waals surface area contributed by atoms with Crippen LogP contribution in [-0.4, -0.2) is 15.9 Å². The van der Waals surface area contributed by atoms with Crippen molar-refractivity contribution >= 4 is 22.4 Å². The summed E-state index contributed by atoms with van der Waals surface area (Å²) in [6.07, 6.45) is 4.22. The van der Waals surface area contributed by atoms with Gasteiger partial charge in [0.1, 0.15) is 5.69 Å². The van der Waals surface area contributed by atoms with Gasteiger partial charge in [0.15, 0.2) is 5.13 Å². The van der Waals surface area contributed by atoms with Crippen LogP contribution in [0.1, 0.15) is 26.5 Å². The Labute approximate surface area is 132 Å². The molecule has 22 heavy (non-hydrogen) atoms. The molecule has 0 atom stereocenters. The molecule has 4 nitrogen and oxygen atoms in total. The van der Waals surface area contributed by atoms with Crippen molar-refractivity contribution in [2.24, 2.45) is 0 Å². The third-order valence-corrected chi connectivity index (χ3v) is 4.05. The molecule has 3 aromatic rings. The highest BCUT2D eigenvalue weighted by atomic mass is 32.1. The van der Waals surface area contributed by atoms with E-state index in [0.29, 0.717) is 10.8 Å². The summed E-state index contributed by atoms with van der Waals surface area (Å²) in [5.74, 6) is -0.239. The highest BCUT2D eigenvalue weighted by Gasteiger charge is 2.10. The highest BCUT2D eigenvalue weighted by molar-refractivity contribution is 7.15. The van der Waals surface area contributed by atoms with Gasteiger partial charge >= 0.3 is 0 Å². The lowest BCUT2D eigenvalue weighted by atomic mass is 10.1. The number of benzene rings is 1. The molecule has 0 radical (unpaired) electrons. The Hall–Kier alpha value is -2.53. The van der Waals surface area contributed by atoms with Gasteiger partial charge in [0, 0.05) is 23.7 Å². The quantitative estimate of drug-likeness (QED) is 0.799. The summed E-state index contributed by atoms with van der Waals surface area (Å²) in [7, 11) is 0. The van der Waals surface area contributed by atoms with E-state index in [2.05, 4.69) is 46.5 Å². The molecule has 0 fully saturated rings. The summed E-state index contributed by atoms with van der Waals surface area (Å²) in [6.45, 7) is 2.08. The van der Waals surface area contributed by atoms with Crippen LogP contribution in [0.25, 0.3) is 0 Å². The predicted octanol–water partition coefficient (Wildman–Crippen LogP) is 3.69. The van der Waals surface area contributed by atoms with Gasteiger partial charge in [-0.15, -0.1) is 11.3 Å². The van der Waals surface area contributed by atoms with Crippen LogP contribution in [0, 0.1) is 6.92 Å². The van der Waals surface area contributed by atoms with Gasteiger partial charge in [-0.1, -0.05) is 35.9 Å². The number of nitrogens with one attached hydrogen (secondary N) is 1. The van der Waals surface area contributed by atoms with Crippen LogP contribution in [0.4, 0.5) is 5.13 Å². The second-order valence-corrected chi connectivity index (χ2v) is 6.08. The molecule has 1 N–H and O–H groups in total. The molecule has 0 aliphatic heterocycles. The van der Waals surface area contributed by atoms with E-state index in [1.54, 1.807) is 30.6 Å². The van der Waals surface area contributed by atoms with Crippen LogP contribution in [0.3, 0.4) is 0 Å². The lowest BCUT2D eigenvalue weighted by molar-refractivity contribution is 0.102. The average Bonchev–Trinajstić information content (AvgIpc) is 2.95. The van der Waals surface area contributed by atoms with Crippen LogP contribution in [-0.2, 0) is 6.42 Å². The molecule has 0 saturated carbocycles. The topological polar surface area (TPSA) is 54.9 Å². The van der Waals surface area contributed by atoms with Crippen molar-refractivity contribution in [1.29, 1.82) is 0 Å². The van der Waals surface area contributed by atoms with Crippen molar-refractivity contribution in [2.45, 2.75) is 13.3 Å². The molecule has 0 saturated heterocycles. The van der Waals surface area contributed by atoms with Crippen LogP contribution >= 0.6 is 11.3 Å². The van der Waals surface area contributed by atoms with Crippen LogP contribution < -0.4 is 5.32 Å². The van der Waals surface area contributed by atoms with E-state index in [1.807, 2.05) is 0 Å². The number of thiazole rings is 1. The first kappa shape index (κ1) is 14.4. The van der Waals surface area contributed by atoms with Crippen molar-refractivity contribution in [1.82, 2.24) is 9.97 Å². The molecule has 0 aliphatic carbocycles.